The molecule has 1 aromatic carbocycles. The molecular formula is C28H35ClF2N8O2S. The van der Waals surface area contributed by atoms with E-state index in [1.807, 2.05) is 6.07 Å². The minimum atomic E-state index is -3.01. The highest BCUT2D eigenvalue weighted by Gasteiger charge is 2.32. The fraction of sp³-hybridized carbons (Fsp3) is 0.464. The number of aromatic nitrogens is 2. The van der Waals surface area contributed by atoms with Gasteiger partial charge in [0.2, 0.25) is 5.95 Å². The van der Waals surface area contributed by atoms with E-state index in [4.69, 9.17) is 22.1 Å². The fourth-order valence-corrected chi connectivity index (χ4v) is 6.44. The Kier molecular flexibility index (Phi) is 9.31. The highest BCUT2D eigenvalue weighted by molar-refractivity contribution is 7.12. The number of rotatable bonds is 9. The van der Waals surface area contributed by atoms with E-state index < -0.39 is 12.5 Å². The summed E-state index contributed by atoms with van der Waals surface area (Å²) in [6, 6.07) is 8.39. The first-order valence-electron chi connectivity index (χ1n) is 13.8. The molecule has 10 nitrogen and oxygen atoms in total. The Bertz CT molecular complexity index is 1390. The van der Waals surface area contributed by atoms with Crippen LogP contribution in [-0.4, -0.2) is 83.6 Å². The Balaban J connectivity index is 1.29. The number of hydrogen-bond acceptors (Lipinski definition) is 10. The summed E-state index contributed by atoms with van der Waals surface area (Å²) in [4.78, 5) is 27.8. The van der Waals surface area contributed by atoms with Gasteiger partial charge < -0.3 is 26.0 Å². The van der Waals surface area contributed by atoms with Crippen molar-refractivity contribution in [1.29, 1.82) is 0 Å². The average Bonchev–Trinajstić information content (AvgIpc) is 3.42. The second-order valence-electron chi connectivity index (χ2n) is 10.8. The van der Waals surface area contributed by atoms with Crippen LogP contribution in [0.15, 0.2) is 35.8 Å². The lowest BCUT2D eigenvalue weighted by Gasteiger charge is -2.47. The number of halogens is 3. The third kappa shape index (κ3) is 6.86. The van der Waals surface area contributed by atoms with Crippen LogP contribution in [-0.2, 0) is 0 Å². The van der Waals surface area contributed by atoms with Crippen LogP contribution in [0.5, 0.6) is 5.75 Å². The molecular weight excluding hydrogens is 586 g/mol. The molecule has 0 bridgehead atoms. The molecule has 3 aromatic rings. The lowest BCUT2D eigenvalue weighted by atomic mass is 9.98. The fourth-order valence-electron chi connectivity index (χ4n) is 5.60. The highest BCUT2D eigenvalue weighted by atomic mass is 35.5. The van der Waals surface area contributed by atoms with Gasteiger partial charge in [-0.2, -0.15) is 13.8 Å². The summed E-state index contributed by atoms with van der Waals surface area (Å²) in [5.41, 5.74) is 6.97. The average molecular weight is 621 g/mol. The van der Waals surface area contributed by atoms with Gasteiger partial charge in [0.1, 0.15) is 9.90 Å². The SMILES string of the molecule is C[C@@H]1CN(C2CCN(c3ccc(Nc4ncc(Cl)c(Nc5ccsc5C(N)=O)n4)c(OC(F)F)c3)CC2)C[C@H](C)N1C. The van der Waals surface area contributed by atoms with E-state index in [0.717, 1.165) is 44.7 Å². The number of nitrogens with zero attached hydrogens (tertiary/aromatic N) is 5. The standard InChI is InChI=1S/C28H35ClF2N8O2S/c1-16-14-39(15-17(2)37(16)3)18-6-9-38(10-7-18)19-4-5-21(23(12-19)41-27(30)31)35-28-33-13-20(29)26(36-28)34-22-8-11-42-24(22)25(32)40/h4-5,8,11-13,16-18,27H,6-7,9-10,14-15H2,1-3H3,(H2,32,40)(H2,33,34,35,36)/t16-,17+. The number of benzene rings is 1. The summed E-state index contributed by atoms with van der Waals surface area (Å²) in [6.07, 6.45) is 3.37. The molecule has 0 spiro atoms. The van der Waals surface area contributed by atoms with Gasteiger partial charge in [-0.15, -0.1) is 11.3 Å². The number of anilines is 5. The van der Waals surface area contributed by atoms with Crippen molar-refractivity contribution in [3.05, 3.63) is 45.7 Å². The number of likely N-dealkylation sites (N-methyl/N-ethyl adjacent to an activating group) is 1. The molecule has 2 fully saturated rings. The van der Waals surface area contributed by atoms with Gasteiger partial charge in [-0.05, 0) is 57.3 Å². The van der Waals surface area contributed by atoms with E-state index in [9.17, 15) is 13.6 Å². The van der Waals surface area contributed by atoms with E-state index in [0.29, 0.717) is 28.7 Å². The number of piperazine rings is 1. The number of hydrogen-bond donors (Lipinski definition) is 3. The number of nitrogens with two attached hydrogens (primary N) is 1. The number of amides is 1. The summed E-state index contributed by atoms with van der Waals surface area (Å²) in [6.45, 7) is 5.30. The molecule has 226 valence electrons. The van der Waals surface area contributed by atoms with E-state index in [-0.39, 0.29) is 28.2 Å². The molecule has 0 unspecified atom stereocenters. The number of carbonyl (C=O) groups excluding carboxylic acids is 1. The Morgan fingerprint density at radius 1 is 1.14 bits per heavy atom. The van der Waals surface area contributed by atoms with E-state index in [2.05, 4.69) is 56.2 Å². The first-order valence-corrected chi connectivity index (χ1v) is 15.1. The Labute approximate surface area is 252 Å². The predicted molar refractivity (Wildman–Crippen MR) is 163 cm³/mol. The van der Waals surface area contributed by atoms with Crippen molar-refractivity contribution >= 4 is 57.7 Å². The third-order valence-electron chi connectivity index (χ3n) is 8.05. The first kappa shape index (κ1) is 30.2. The van der Waals surface area contributed by atoms with Gasteiger partial charge in [-0.3, -0.25) is 14.6 Å². The van der Waals surface area contributed by atoms with Crippen LogP contribution >= 0.6 is 22.9 Å². The third-order valence-corrected chi connectivity index (χ3v) is 9.25. The van der Waals surface area contributed by atoms with Gasteiger partial charge >= 0.3 is 6.61 Å². The summed E-state index contributed by atoms with van der Waals surface area (Å²) >= 11 is 7.46. The van der Waals surface area contributed by atoms with Crippen LogP contribution < -0.4 is 26.0 Å². The zero-order valence-corrected chi connectivity index (χ0v) is 25.3. The summed E-state index contributed by atoms with van der Waals surface area (Å²) in [5.74, 6) is -0.290. The molecule has 14 heteroatoms. The molecule has 2 saturated heterocycles. The molecule has 2 atom stereocenters. The zero-order chi connectivity index (χ0) is 30.0. The summed E-state index contributed by atoms with van der Waals surface area (Å²) in [5, 5.41) is 7.85. The number of ether oxygens (including phenoxy) is 1. The Hall–Kier alpha value is -3.26. The number of piperidine rings is 1. The zero-order valence-electron chi connectivity index (χ0n) is 23.7. The van der Waals surface area contributed by atoms with E-state index >= 15 is 0 Å². The molecule has 2 aliphatic heterocycles. The number of nitrogens with one attached hydrogen (secondary N) is 2. The smallest absolute Gasteiger partial charge is 0.387 e. The predicted octanol–water partition coefficient (Wildman–Crippen LogP) is 5.37. The number of thiophene rings is 1. The minimum Gasteiger partial charge on any atom is -0.433 e. The lowest BCUT2D eigenvalue weighted by molar-refractivity contribution is -0.0493. The van der Waals surface area contributed by atoms with Crippen molar-refractivity contribution in [3.8, 4) is 5.75 Å². The normalized spacial score (nSPS) is 20.6. The summed E-state index contributed by atoms with van der Waals surface area (Å²) < 4.78 is 31.7. The molecule has 0 radical (unpaired) electrons. The number of carbonyl (C=O) groups is 1. The van der Waals surface area contributed by atoms with Crippen molar-refractivity contribution in [2.24, 2.45) is 5.73 Å². The van der Waals surface area contributed by atoms with Crippen molar-refractivity contribution in [2.75, 3.05) is 48.8 Å². The van der Waals surface area contributed by atoms with Gasteiger partial charge in [0.05, 0.1) is 17.6 Å². The Morgan fingerprint density at radius 3 is 2.52 bits per heavy atom. The highest BCUT2D eigenvalue weighted by Crippen LogP contribution is 2.35. The lowest BCUT2D eigenvalue weighted by Crippen LogP contribution is -2.59. The quantitative estimate of drug-likeness (QED) is 0.291. The van der Waals surface area contributed by atoms with Crippen molar-refractivity contribution in [2.45, 2.75) is 51.4 Å². The van der Waals surface area contributed by atoms with Gasteiger partial charge in [0.15, 0.2) is 11.6 Å². The Morgan fingerprint density at radius 2 is 1.86 bits per heavy atom. The summed E-state index contributed by atoms with van der Waals surface area (Å²) in [7, 11) is 2.19. The van der Waals surface area contributed by atoms with Gasteiger partial charge in [-0.25, -0.2) is 4.98 Å². The molecule has 4 heterocycles. The van der Waals surface area contributed by atoms with Crippen molar-refractivity contribution in [3.63, 3.8) is 0 Å². The number of primary amides is 1. The molecule has 4 N–H and O–H groups in total. The second-order valence-corrected chi connectivity index (χ2v) is 12.1. The molecule has 2 aromatic heterocycles. The molecule has 0 aliphatic carbocycles. The number of alkyl halides is 2. The van der Waals surface area contributed by atoms with Gasteiger partial charge in [0, 0.05) is 56.1 Å². The van der Waals surface area contributed by atoms with Crippen LogP contribution in [0.3, 0.4) is 0 Å². The van der Waals surface area contributed by atoms with Crippen molar-refractivity contribution < 1.29 is 18.3 Å². The van der Waals surface area contributed by atoms with Crippen LogP contribution in [0.1, 0.15) is 36.4 Å². The van der Waals surface area contributed by atoms with E-state index in [1.165, 1.54) is 17.5 Å². The molecule has 2 aliphatic rings. The van der Waals surface area contributed by atoms with Gasteiger partial charge in [0.25, 0.3) is 5.91 Å². The molecule has 0 saturated carbocycles. The van der Waals surface area contributed by atoms with Crippen LogP contribution in [0.2, 0.25) is 5.02 Å². The van der Waals surface area contributed by atoms with E-state index in [1.54, 1.807) is 23.6 Å². The maximum atomic E-state index is 13.4. The molecule has 5 rings (SSSR count). The molecule has 1 amide bonds. The second kappa shape index (κ2) is 12.9. The maximum Gasteiger partial charge on any atom is 0.387 e. The largest absolute Gasteiger partial charge is 0.433 e. The first-order chi connectivity index (χ1) is 20.1. The maximum absolute atomic E-state index is 13.4. The molecule has 42 heavy (non-hydrogen) atoms. The van der Waals surface area contributed by atoms with Crippen LogP contribution in [0, 0.1) is 0 Å². The topological polar surface area (TPSA) is 112 Å². The van der Waals surface area contributed by atoms with Crippen LogP contribution in [0.25, 0.3) is 0 Å². The van der Waals surface area contributed by atoms with Crippen molar-refractivity contribution in [1.82, 2.24) is 19.8 Å². The monoisotopic (exact) mass is 620 g/mol. The minimum absolute atomic E-state index is 0.0201. The van der Waals surface area contributed by atoms with Crippen LogP contribution in [0.4, 0.5) is 37.6 Å². The van der Waals surface area contributed by atoms with Gasteiger partial charge in [-0.1, -0.05) is 11.6 Å².